The Morgan fingerprint density at radius 3 is 3.10 bits per heavy atom. The quantitative estimate of drug-likeness (QED) is 0.777. The molecule has 1 N–H and O–H groups in total. The molecular formula is C15H22N4O. The van der Waals surface area contributed by atoms with E-state index in [0.29, 0.717) is 13.0 Å². The molecule has 1 heterocycles. The summed E-state index contributed by atoms with van der Waals surface area (Å²) >= 11 is 0. The van der Waals surface area contributed by atoms with Gasteiger partial charge in [0.25, 0.3) is 0 Å². The molecule has 0 fully saturated rings. The van der Waals surface area contributed by atoms with Crippen molar-refractivity contribution in [3.8, 4) is 0 Å². The molecule has 1 aromatic rings. The van der Waals surface area contributed by atoms with E-state index < -0.39 is 0 Å². The van der Waals surface area contributed by atoms with Crippen molar-refractivity contribution in [3.63, 3.8) is 0 Å². The van der Waals surface area contributed by atoms with Gasteiger partial charge in [-0.15, -0.1) is 0 Å². The molecule has 1 amide bonds. The topological polar surface area (TPSA) is 58.1 Å². The Hall–Kier alpha value is -1.75. The normalized spacial score (nSPS) is 13.9. The van der Waals surface area contributed by atoms with Gasteiger partial charge in [-0.1, -0.05) is 6.08 Å². The summed E-state index contributed by atoms with van der Waals surface area (Å²) in [5, 5.41) is 2.85. The van der Waals surface area contributed by atoms with E-state index in [1.54, 1.807) is 6.08 Å². The molecule has 5 heteroatoms. The van der Waals surface area contributed by atoms with E-state index in [1.807, 2.05) is 31.3 Å². The molecule has 0 bridgehead atoms. The molecular weight excluding hydrogens is 252 g/mol. The average Bonchev–Trinajstić information content (AvgIpc) is 2.85. The first-order valence-corrected chi connectivity index (χ1v) is 7.08. The zero-order chi connectivity index (χ0) is 14.4. The van der Waals surface area contributed by atoms with Gasteiger partial charge in [-0.05, 0) is 38.9 Å². The van der Waals surface area contributed by atoms with E-state index in [2.05, 4.69) is 15.3 Å². The minimum atomic E-state index is -0.0620. The van der Waals surface area contributed by atoms with Gasteiger partial charge in [0.2, 0.25) is 5.91 Å². The van der Waals surface area contributed by atoms with Crippen molar-refractivity contribution in [2.45, 2.75) is 25.7 Å². The molecule has 0 unspecified atom stereocenters. The molecule has 20 heavy (non-hydrogen) atoms. The number of hydrogen-bond acceptors (Lipinski definition) is 4. The van der Waals surface area contributed by atoms with Crippen LogP contribution >= 0.6 is 0 Å². The highest BCUT2D eigenvalue weighted by Gasteiger charge is 2.13. The number of carbonyl (C=O) groups excluding carboxylic acids is 1. The standard InChI is InChI=1S/C15H22N4O/c1-19(2)10-4-7-15(20)16-9-8-14-17-11-12-5-3-6-13(12)18-14/h4,7,11H,3,5-6,8-10H2,1-2H3,(H,16,20)/b7-4+. The van der Waals surface area contributed by atoms with Crippen molar-refractivity contribution in [1.29, 1.82) is 0 Å². The molecule has 5 nitrogen and oxygen atoms in total. The average molecular weight is 274 g/mol. The number of nitrogens with zero attached hydrogens (tertiary/aromatic N) is 3. The zero-order valence-corrected chi connectivity index (χ0v) is 12.2. The molecule has 108 valence electrons. The lowest BCUT2D eigenvalue weighted by atomic mass is 10.2. The fourth-order valence-corrected chi connectivity index (χ4v) is 2.20. The lowest BCUT2D eigenvalue weighted by Crippen LogP contribution is -2.24. The second kappa shape index (κ2) is 7.14. The van der Waals surface area contributed by atoms with Gasteiger partial charge in [0.05, 0.1) is 0 Å². The van der Waals surface area contributed by atoms with E-state index in [4.69, 9.17) is 0 Å². The summed E-state index contributed by atoms with van der Waals surface area (Å²) in [7, 11) is 3.93. The highest BCUT2D eigenvalue weighted by molar-refractivity contribution is 5.87. The lowest BCUT2D eigenvalue weighted by Gasteiger charge is -2.05. The Bertz CT molecular complexity index is 497. The molecule has 0 radical (unpaired) electrons. The van der Waals surface area contributed by atoms with Crippen LogP contribution in [0.3, 0.4) is 0 Å². The molecule has 2 rings (SSSR count). The number of nitrogens with one attached hydrogen (secondary N) is 1. The Labute approximate surface area is 120 Å². The molecule has 0 saturated carbocycles. The SMILES string of the molecule is CN(C)C/C=C/C(=O)NCCc1ncc2c(n1)CCC2. The Balaban J connectivity index is 1.73. The second-order valence-corrected chi connectivity index (χ2v) is 5.32. The van der Waals surface area contributed by atoms with Gasteiger partial charge >= 0.3 is 0 Å². The monoisotopic (exact) mass is 274 g/mol. The number of rotatable bonds is 6. The van der Waals surface area contributed by atoms with E-state index in [9.17, 15) is 4.79 Å². The molecule has 0 spiro atoms. The van der Waals surface area contributed by atoms with Crippen molar-refractivity contribution in [3.05, 3.63) is 35.4 Å². The molecule has 0 aliphatic heterocycles. The second-order valence-electron chi connectivity index (χ2n) is 5.32. The van der Waals surface area contributed by atoms with E-state index in [1.165, 1.54) is 17.7 Å². The highest BCUT2D eigenvalue weighted by atomic mass is 16.1. The van der Waals surface area contributed by atoms with Crippen molar-refractivity contribution < 1.29 is 4.79 Å². The first-order valence-electron chi connectivity index (χ1n) is 7.08. The number of fused-ring (bicyclic) bond motifs is 1. The third-order valence-corrected chi connectivity index (χ3v) is 3.25. The van der Waals surface area contributed by atoms with Gasteiger partial charge in [0, 0.05) is 37.5 Å². The lowest BCUT2D eigenvalue weighted by molar-refractivity contribution is -0.116. The Kier molecular flexibility index (Phi) is 5.24. The minimum absolute atomic E-state index is 0.0620. The molecule has 1 aliphatic rings. The van der Waals surface area contributed by atoms with Crippen LogP contribution < -0.4 is 5.32 Å². The van der Waals surface area contributed by atoms with Gasteiger partial charge in [-0.25, -0.2) is 9.97 Å². The molecule has 0 atom stereocenters. The van der Waals surface area contributed by atoms with E-state index in [0.717, 1.165) is 25.2 Å². The number of aromatic nitrogens is 2. The predicted octanol–water partition coefficient (Wildman–Crippen LogP) is 0.742. The summed E-state index contributed by atoms with van der Waals surface area (Å²) in [5.74, 6) is 0.760. The third kappa shape index (κ3) is 4.42. The van der Waals surface area contributed by atoms with Crippen LogP contribution in [0.25, 0.3) is 0 Å². The van der Waals surface area contributed by atoms with Crippen LogP contribution in [0.4, 0.5) is 0 Å². The summed E-state index contributed by atoms with van der Waals surface area (Å²) < 4.78 is 0. The van der Waals surface area contributed by atoms with Crippen LogP contribution in [-0.2, 0) is 24.1 Å². The zero-order valence-electron chi connectivity index (χ0n) is 12.2. The smallest absolute Gasteiger partial charge is 0.243 e. The first-order chi connectivity index (χ1) is 9.65. The van der Waals surface area contributed by atoms with Crippen molar-refractivity contribution in [2.24, 2.45) is 0 Å². The van der Waals surface area contributed by atoms with E-state index >= 15 is 0 Å². The Morgan fingerprint density at radius 1 is 1.45 bits per heavy atom. The molecule has 0 saturated heterocycles. The number of hydrogen-bond donors (Lipinski definition) is 1. The predicted molar refractivity (Wildman–Crippen MR) is 78.5 cm³/mol. The van der Waals surface area contributed by atoms with Crippen LogP contribution in [0.15, 0.2) is 18.3 Å². The first kappa shape index (κ1) is 14.7. The van der Waals surface area contributed by atoms with Gasteiger partial charge in [-0.3, -0.25) is 4.79 Å². The van der Waals surface area contributed by atoms with Crippen LogP contribution in [0.5, 0.6) is 0 Å². The van der Waals surface area contributed by atoms with Crippen molar-refractivity contribution in [1.82, 2.24) is 20.2 Å². The minimum Gasteiger partial charge on any atom is -0.352 e. The summed E-state index contributed by atoms with van der Waals surface area (Å²) in [5.41, 5.74) is 2.47. The third-order valence-electron chi connectivity index (χ3n) is 3.25. The molecule has 0 aromatic carbocycles. The van der Waals surface area contributed by atoms with Crippen LogP contribution in [0.2, 0.25) is 0 Å². The summed E-state index contributed by atoms with van der Waals surface area (Å²) in [6, 6.07) is 0. The fourth-order valence-electron chi connectivity index (χ4n) is 2.20. The number of likely N-dealkylation sites (N-methyl/N-ethyl adjacent to an activating group) is 1. The van der Waals surface area contributed by atoms with Gasteiger partial charge in [0.15, 0.2) is 0 Å². The fraction of sp³-hybridized carbons (Fsp3) is 0.533. The van der Waals surface area contributed by atoms with Gasteiger partial charge in [-0.2, -0.15) is 0 Å². The summed E-state index contributed by atoms with van der Waals surface area (Å²) in [4.78, 5) is 22.4. The number of carbonyl (C=O) groups is 1. The van der Waals surface area contributed by atoms with Gasteiger partial charge < -0.3 is 10.2 Å². The van der Waals surface area contributed by atoms with Crippen molar-refractivity contribution in [2.75, 3.05) is 27.2 Å². The highest BCUT2D eigenvalue weighted by Crippen LogP contribution is 2.18. The largest absolute Gasteiger partial charge is 0.352 e. The van der Waals surface area contributed by atoms with E-state index in [-0.39, 0.29) is 5.91 Å². The van der Waals surface area contributed by atoms with Crippen molar-refractivity contribution >= 4 is 5.91 Å². The van der Waals surface area contributed by atoms with Crippen LogP contribution in [0.1, 0.15) is 23.5 Å². The van der Waals surface area contributed by atoms with Crippen LogP contribution in [-0.4, -0.2) is 48.0 Å². The maximum absolute atomic E-state index is 11.5. The Morgan fingerprint density at radius 2 is 2.30 bits per heavy atom. The molecule has 1 aliphatic carbocycles. The summed E-state index contributed by atoms with van der Waals surface area (Å²) in [6.45, 7) is 1.34. The van der Waals surface area contributed by atoms with Crippen LogP contribution in [0, 0.1) is 0 Å². The maximum Gasteiger partial charge on any atom is 0.243 e. The summed E-state index contributed by atoms with van der Waals surface area (Å²) in [6.07, 6.45) is 9.38. The molecule has 1 aromatic heterocycles. The number of aryl methyl sites for hydroxylation is 2. The number of amides is 1. The van der Waals surface area contributed by atoms with Gasteiger partial charge in [0.1, 0.15) is 5.82 Å². The maximum atomic E-state index is 11.5.